The molecule has 0 aromatic heterocycles. The maximum atomic E-state index is 13.2. The predicted octanol–water partition coefficient (Wildman–Crippen LogP) is 3.41. The lowest BCUT2D eigenvalue weighted by molar-refractivity contribution is 0.1000. The number of amides is 1. The van der Waals surface area contributed by atoms with Gasteiger partial charge < -0.3 is 11.1 Å². The van der Waals surface area contributed by atoms with Crippen molar-refractivity contribution in [1.29, 1.82) is 0 Å². The Hall–Kier alpha value is -2.36. The van der Waals surface area contributed by atoms with E-state index in [1.807, 2.05) is 26.0 Å². The first kappa shape index (κ1) is 14.1. The highest BCUT2D eigenvalue weighted by molar-refractivity contribution is 5.93. The summed E-state index contributed by atoms with van der Waals surface area (Å²) in [6, 6.07) is 11.7. The summed E-state index contributed by atoms with van der Waals surface area (Å²) in [5.41, 5.74) is 8.40. The molecule has 3 nitrogen and oxygen atoms in total. The van der Waals surface area contributed by atoms with Crippen molar-refractivity contribution < 1.29 is 9.18 Å². The Kier molecular flexibility index (Phi) is 4.03. The summed E-state index contributed by atoms with van der Waals surface area (Å²) < 4.78 is 13.2. The van der Waals surface area contributed by atoms with Crippen LogP contribution >= 0.6 is 0 Å². The van der Waals surface area contributed by atoms with Gasteiger partial charge in [-0.2, -0.15) is 0 Å². The molecule has 0 saturated carbocycles. The highest BCUT2D eigenvalue weighted by Gasteiger charge is 2.09. The van der Waals surface area contributed by atoms with Crippen LogP contribution in [0, 0.1) is 12.7 Å². The van der Waals surface area contributed by atoms with Gasteiger partial charge in [-0.15, -0.1) is 0 Å². The summed E-state index contributed by atoms with van der Waals surface area (Å²) in [7, 11) is 0. The van der Waals surface area contributed by atoms with Gasteiger partial charge in [0.1, 0.15) is 5.82 Å². The van der Waals surface area contributed by atoms with Gasteiger partial charge in [0, 0.05) is 17.3 Å². The van der Waals surface area contributed by atoms with Crippen LogP contribution in [0.2, 0.25) is 0 Å². The van der Waals surface area contributed by atoms with Gasteiger partial charge in [0.25, 0.3) is 0 Å². The zero-order chi connectivity index (χ0) is 14.7. The van der Waals surface area contributed by atoms with E-state index >= 15 is 0 Å². The van der Waals surface area contributed by atoms with E-state index in [1.54, 1.807) is 18.2 Å². The van der Waals surface area contributed by atoms with E-state index in [0.717, 1.165) is 16.8 Å². The largest absolute Gasteiger partial charge is 0.378 e. The average Bonchev–Trinajstić information content (AvgIpc) is 2.40. The molecule has 0 aliphatic carbocycles. The van der Waals surface area contributed by atoms with E-state index in [9.17, 15) is 9.18 Å². The molecule has 0 fully saturated rings. The smallest absolute Gasteiger partial charge is 0.248 e. The molecule has 0 aliphatic heterocycles. The third-order valence-corrected chi connectivity index (χ3v) is 3.23. The number of carbonyl (C=O) groups is 1. The quantitative estimate of drug-likeness (QED) is 0.896. The second-order valence-electron chi connectivity index (χ2n) is 4.81. The van der Waals surface area contributed by atoms with E-state index in [-0.39, 0.29) is 11.9 Å². The van der Waals surface area contributed by atoms with Crippen LogP contribution in [0.5, 0.6) is 0 Å². The van der Waals surface area contributed by atoms with E-state index in [4.69, 9.17) is 5.73 Å². The highest BCUT2D eigenvalue weighted by atomic mass is 19.1. The Morgan fingerprint density at radius 3 is 2.60 bits per heavy atom. The first-order valence-electron chi connectivity index (χ1n) is 6.40. The van der Waals surface area contributed by atoms with Crippen LogP contribution in [0.1, 0.15) is 34.5 Å². The number of rotatable bonds is 4. The molecule has 2 rings (SSSR count). The summed E-state index contributed by atoms with van der Waals surface area (Å²) in [5, 5.41) is 3.30. The molecule has 1 amide bonds. The highest BCUT2D eigenvalue weighted by Crippen LogP contribution is 2.23. The fraction of sp³-hybridized carbons (Fsp3) is 0.188. The molecule has 0 radical (unpaired) electrons. The van der Waals surface area contributed by atoms with Crippen molar-refractivity contribution in [1.82, 2.24) is 0 Å². The molecule has 2 aromatic rings. The SMILES string of the molecule is Cc1cc(C(N)=O)ccc1NC(C)c1cccc(F)c1. The van der Waals surface area contributed by atoms with Gasteiger partial charge in [0.05, 0.1) is 0 Å². The molecule has 0 aliphatic rings. The minimum absolute atomic E-state index is 0.0381. The monoisotopic (exact) mass is 272 g/mol. The van der Waals surface area contributed by atoms with Crippen molar-refractivity contribution in [3.05, 3.63) is 65.0 Å². The van der Waals surface area contributed by atoms with Gasteiger partial charge in [-0.1, -0.05) is 12.1 Å². The zero-order valence-corrected chi connectivity index (χ0v) is 11.5. The Labute approximate surface area is 117 Å². The minimum Gasteiger partial charge on any atom is -0.378 e. The summed E-state index contributed by atoms with van der Waals surface area (Å²) >= 11 is 0. The summed E-state index contributed by atoms with van der Waals surface area (Å²) in [5.74, 6) is -0.699. The normalized spacial score (nSPS) is 11.9. The molecular formula is C16H17FN2O. The Morgan fingerprint density at radius 1 is 1.25 bits per heavy atom. The van der Waals surface area contributed by atoms with Gasteiger partial charge in [-0.3, -0.25) is 4.79 Å². The summed E-state index contributed by atoms with van der Waals surface area (Å²) in [6.45, 7) is 3.85. The van der Waals surface area contributed by atoms with Crippen LogP contribution in [0.25, 0.3) is 0 Å². The van der Waals surface area contributed by atoms with Crippen molar-refractivity contribution in [3.63, 3.8) is 0 Å². The molecular weight excluding hydrogens is 255 g/mol. The summed E-state index contributed by atoms with van der Waals surface area (Å²) in [6.07, 6.45) is 0. The topological polar surface area (TPSA) is 55.1 Å². The van der Waals surface area contributed by atoms with E-state index in [1.165, 1.54) is 12.1 Å². The maximum absolute atomic E-state index is 13.2. The maximum Gasteiger partial charge on any atom is 0.248 e. The molecule has 1 unspecified atom stereocenters. The van der Waals surface area contributed by atoms with Crippen LogP contribution in [0.3, 0.4) is 0 Å². The minimum atomic E-state index is -0.446. The van der Waals surface area contributed by atoms with Crippen molar-refractivity contribution in [2.75, 3.05) is 5.32 Å². The Morgan fingerprint density at radius 2 is 2.00 bits per heavy atom. The molecule has 0 saturated heterocycles. The lowest BCUT2D eigenvalue weighted by Crippen LogP contribution is -2.12. The first-order chi connectivity index (χ1) is 9.47. The molecule has 2 aromatic carbocycles. The lowest BCUT2D eigenvalue weighted by Gasteiger charge is -2.18. The van der Waals surface area contributed by atoms with Crippen LogP contribution in [0.15, 0.2) is 42.5 Å². The molecule has 3 N–H and O–H groups in total. The van der Waals surface area contributed by atoms with Gasteiger partial charge in [0.15, 0.2) is 0 Å². The van der Waals surface area contributed by atoms with E-state index in [0.29, 0.717) is 5.56 Å². The molecule has 20 heavy (non-hydrogen) atoms. The number of nitrogens with two attached hydrogens (primary N) is 1. The number of aryl methyl sites for hydroxylation is 1. The van der Waals surface area contributed by atoms with Crippen LogP contribution < -0.4 is 11.1 Å². The van der Waals surface area contributed by atoms with Crippen molar-refractivity contribution in [2.45, 2.75) is 19.9 Å². The molecule has 0 bridgehead atoms. The van der Waals surface area contributed by atoms with Crippen LogP contribution in [-0.4, -0.2) is 5.91 Å². The predicted molar refractivity (Wildman–Crippen MR) is 78.1 cm³/mol. The van der Waals surface area contributed by atoms with Gasteiger partial charge in [0.2, 0.25) is 5.91 Å². The molecule has 104 valence electrons. The standard InChI is InChI=1S/C16H17FN2O/c1-10-8-13(16(18)20)6-7-15(10)19-11(2)12-4-3-5-14(17)9-12/h3-9,11,19H,1-2H3,(H2,18,20). The van der Waals surface area contributed by atoms with E-state index in [2.05, 4.69) is 5.32 Å². The summed E-state index contributed by atoms with van der Waals surface area (Å²) in [4.78, 5) is 11.1. The van der Waals surface area contributed by atoms with Crippen LogP contribution in [-0.2, 0) is 0 Å². The number of nitrogens with one attached hydrogen (secondary N) is 1. The number of carbonyl (C=O) groups excluding carboxylic acids is 1. The first-order valence-corrected chi connectivity index (χ1v) is 6.40. The number of benzene rings is 2. The molecule has 0 heterocycles. The van der Waals surface area contributed by atoms with Crippen LogP contribution in [0.4, 0.5) is 10.1 Å². The second-order valence-corrected chi connectivity index (χ2v) is 4.81. The number of primary amides is 1. The third-order valence-electron chi connectivity index (χ3n) is 3.23. The number of halogens is 1. The molecule has 1 atom stereocenters. The molecule has 0 spiro atoms. The lowest BCUT2D eigenvalue weighted by atomic mass is 10.1. The number of hydrogen-bond acceptors (Lipinski definition) is 2. The number of hydrogen-bond donors (Lipinski definition) is 2. The third kappa shape index (κ3) is 3.15. The van der Waals surface area contributed by atoms with Gasteiger partial charge in [-0.05, 0) is 55.3 Å². The number of anilines is 1. The van der Waals surface area contributed by atoms with Gasteiger partial charge in [-0.25, -0.2) is 4.39 Å². The van der Waals surface area contributed by atoms with Crippen molar-refractivity contribution >= 4 is 11.6 Å². The second kappa shape index (κ2) is 5.74. The average molecular weight is 272 g/mol. The zero-order valence-electron chi connectivity index (χ0n) is 11.5. The van der Waals surface area contributed by atoms with Crippen molar-refractivity contribution in [3.8, 4) is 0 Å². The fourth-order valence-electron chi connectivity index (χ4n) is 2.07. The Bertz CT molecular complexity index is 640. The van der Waals surface area contributed by atoms with Crippen molar-refractivity contribution in [2.24, 2.45) is 5.73 Å². The Balaban J connectivity index is 2.19. The fourth-order valence-corrected chi connectivity index (χ4v) is 2.07. The molecule has 4 heteroatoms. The van der Waals surface area contributed by atoms with Gasteiger partial charge >= 0.3 is 0 Å². The van der Waals surface area contributed by atoms with E-state index < -0.39 is 5.91 Å².